The van der Waals surface area contributed by atoms with Crippen molar-refractivity contribution in [3.63, 3.8) is 0 Å². The number of nitrogens with zero attached hydrogens (tertiary/aromatic N) is 3. The summed E-state index contributed by atoms with van der Waals surface area (Å²) in [7, 11) is 0. The van der Waals surface area contributed by atoms with Crippen LogP contribution in [0.1, 0.15) is 16.2 Å². The van der Waals surface area contributed by atoms with Crippen LogP contribution in [0.15, 0.2) is 47.3 Å². The third-order valence-corrected chi connectivity index (χ3v) is 4.82. The lowest BCUT2D eigenvalue weighted by Gasteiger charge is -2.30. The molecule has 2 aliphatic rings. The highest BCUT2D eigenvalue weighted by molar-refractivity contribution is 6.16. The predicted molar refractivity (Wildman–Crippen MR) is 93.8 cm³/mol. The minimum absolute atomic E-state index is 0.194. The van der Waals surface area contributed by atoms with Crippen LogP contribution in [-0.4, -0.2) is 41.6 Å². The van der Waals surface area contributed by atoms with Gasteiger partial charge in [0.2, 0.25) is 5.78 Å². The largest absolute Gasteiger partial charge is 0.378 e. The normalized spacial score (nSPS) is 16.2. The first-order valence-corrected chi connectivity index (χ1v) is 8.28. The first-order chi connectivity index (χ1) is 12.3. The van der Waals surface area contributed by atoms with Gasteiger partial charge in [0.15, 0.2) is 5.82 Å². The van der Waals surface area contributed by atoms with E-state index >= 15 is 0 Å². The van der Waals surface area contributed by atoms with Crippen molar-refractivity contribution in [1.82, 2.24) is 9.55 Å². The molecule has 3 heterocycles. The molecule has 6 nitrogen and oxygen atoms in total. The van der Waals surface area contributed by atoms with E-state index in [0.717, 1.165) is 18.8 Å². The van der Waals surface area contributed by atoms with Crippen LogP contribution in [0.4, 0.5) is 5.69 Å². The summed E-state index contributed by atoms with van der Waals surface area (Å²) < 4.78 is 6.85. The van der Waals surface area contributed by atoms with E-state index in [-0.39, 0.29) is 17.2 Å². The van der Waals surface area contributed by atoms with Crippen LogP contribution in [0, 0.1) is 0 Å². The molecule has 2 aromatic carbocycles. The monoisotopic (exact) mass is 333 g/mol. The van der Waals surface area contributed by atoms with Crippen LogP contribution in [0.2, 0.25) is 0 Å². The van der Waals surface area contributed by atoms with E-state index in [1.54, 1.807) is 18.2 Å². The smallest absolute Gasteiger partial charge is 0.266 e. The molecule has 2 aliphatic heterocycles. The molecule has 0 N–H and O–H groups in total. The van der Waals surface area contributed by atoms with E-state index in [2.05, 4.69) is 9.88 Å². The Hall–Kier alpha value is -2.99. The highest BCUT2D eigenvalue weighted by atomic mass is 16.5. The standard InChI is InChI=1S/C19H15N3O3/c23-17-16-14(21-8-10-25-11-9-21)6-3-7-15(16)22-18(17)20-13-5-2-1-4-12(13)19(22)24/h1-7H,8-11H2. The summed E-state index contributed by atoms with van der Waals surface area (Å²) in [5, 5.41) is 0.517. The fourth-order valence-electron chi connectivity index (χ4n) is 3.64. The van der Waals surface area contributed by atoms with Crippen LogP contribution in [0.3, 0.4) is 0 Å². The third-order valence-electron chi connectivity index (χ3n) is 4.82. The van der Waals surface area contributed by atoms with E-state index in [9.17, 15) is 9.59 Å². The SMILES string of the molecule is O=C1c2c(N3CCOCC3)cccc2-n2c1nc1ccccc1c2=O. The molecule has 0 spiro atoms. The Kier molecular flexibility index (Phi) is 3.02. The van der Waals surface area contributed by atoms with Crippen molar-refractivity contribution in [1.29, 1.82) is 0 Å². The Balaban J connectivity index is 1.78. The first kappa shape index (κ1) is 14.4. The number of carbonyl (C=O) groups excluding carboxylic acids is 1. The quantitative estimate of drug-likeness (QED) is 0.531. The van der Waals surface area contributed by atoms with Crippen LogP contribution in [-0.2, 0) is 4.74 Å². The van der Waals surface area contributed by atoms with Crippen LogP contribution >= 0.6 is 0 Å². The molecule has 0 radical (unpaired) electrons. The van der Waals surface area contributed by atoms with Gasteiger partial charge in [0.25, 0.3) is 5.56 Å². The number of morpholine rings is 1. The van der Waals surface area contributed by atoms with Gasteiger partial charge in [-0.25, -0.2) is 4.98 Å². The zero-order valence-corrected chi connectivity index (χ0v) is 13.4. The summed E-state index contributed by atoms with van der Waals surface area (Å²) in [5.74, 6) is -0.000598. The maximum absolute atomic E-state index is 13.1. The second kappa shape index (κ2) is 5.26. The van der Waals surface area contributed by atoms with Crippen LogP contribution in [0.25, 0.3) is 16.6 Å². The number of aromatic nitrogens is 2. The maximum Gasteiger partial charge on any atom is 0.266 e. The van der Waals surface area contributed by atoms with Gasteiger partial charge in [0.05, 0.1) is 41.1 Å². The summed E-state index contributed by atoms with van der Waals surface area (Å²) >= 11 is 0. The van der Waals surface area contributed by atoms with Gasteiger partial charge in [-0.2, -0.15) is 0 Å². The van der Waals surface area contributed by atoms with Gasteiger partial charge in [0, 0.05) is 13.1 Å². The number of para-hydroxylation sites is 1. The second-order valence-electron chi connectivity index (χ2n) is 6.19. The molecule has 0 aliphatic carbocycles. The molecule has 1 fully saturated rings. The van der Waals surface area contributed by atoms with Crippen molar-refractivity contribution < 1.29 is 9.53 Å². The maximum atomic E-state index is 13.1. The average molecular weight is 333 g/mol. The second-order valence-corrected chi connectivity index (χ2v) is 6.19. The van der Waals surface area contributed by atoms with Gasteiger partial charge in [-0.05, 0) is 24.3 Å². The zero-order valence-electron chi connectivity index (χ0n) is 13.4. The van der Waals surface area contributed by atoms with Gasteiger partial charge in [-0.3, -0.25) is 14.2 Å². The number of ether oxygens (including phenoxy) is 1. The summed E-state index contributed by atoms with van der Waals surface area (Å²) in [4.78, 5) is 32.6. The summed E-state index contributed by atoms with van der Waals surface area (Å²) in [6, 6.07) is 12.7. The summed E-state index contributed by atoms with van der Waals surface area (Å²) in [5.41, 5.74) is 2.37. The lowest BCUT2D eigenvalue weighted by Crippen LogP contribution is -2.37. The van der Waals surface area contributed by atoms with Gasteiger partial charge < -0.3 is 9.64 Å². The number of carbonyl (C=O) groups is 1. The molecule has 6 heteroatoms. The number of fused-ring (bicyclic) bond motifs is 4. The lowest BCUT2D eigenvalue weighted by atomic mass is 10.1. The van der Waals surface area contributed by atoms with Crippen molar-refractivity contribution in [2.24, 2.45) is 0 Å². The minimum Gasteiger partial charge on any atom is -0.378 e. The fraction of sp³-hybridized carbons (Fsp3) is 0.211. The molecule has 0 amide bonds. The molecule has 25 heavy (non-hydrogen) atoms. The zero-order chi connectivity index (χ0) is 17.0. The topological polar surface area (TPSA) is 64.4 Å². The highest BCUT2D eigenvalue weighted by Gasteiger charge is 2.34. The van der Waals surface area contributed by atoms with Gasteiger partial charge in [0.1, 0.15) is 0 Å². The molecule has 1 saturated heterocycles. The van der Waals surface area contributed by atoms with E-state index in [0.29, 0.717) is 35.4 Å². The van der Waals surface area contributed by atoms with Crippen LogP contribution in [0.5, 0.6) is 0 Å². The number of hydrogen-bond donors (Lipinski definition) is 0. The molecule has 0 atom stereocenters. The molecular formula is C19H15N3O3. The Labute approximate surface area is 143 Å². The van der Waals surface area contributed by atoms with E-state index in [4.69, 9.17) is 4.74 Å². The number of rotatable bonds is 1. The molecule has 0 unspecified atom stereocenters. The van der Waals surface area contributed by atoms with Gasteiger partial charge >= 0.3 is 0 Å². The molecule has 0 bridgehead atoms. The van der Waals surface area contributed by atoms with Crippen molar-refractivity contribution in [2.75, 3.05) is 31.2 Å². The van der Waals surface area contributed by atoms with Crippen molar-refractivity contribution in [3.05, 3.63) is 64.2 Å². The van der Waals surface area contributed by atoms with Crippen LogP contribution < -0.4 is 10.5 Å². The Morgan fingerprint density at radius 2 is 1.68 bits per heavy atom. The highest BCUT2D eigenvalue weighted by Crippen LogP contribution is 2.34. The molecular weight excluding hydrogens is 318 g/mol. The number of ketones is 1. The fourth-order valence-corrected chi connectivity index (χ4v) is 3.64. The summed E-state index contributed by atoms with van der Waals surface area (Å²) in [6.07, 6.45) is 0. The Morgan fingerprint density at radius 3 is 2.52 bits per heavy atom. The third kappa shape index (κ3) is 1.97. The average Bonchev–Trinajstić information content (AvgIpc) is 2.95. The minimum atomic E-state index is -0.202. The van der Waals surface area contributed by atoms with Crippen molar-refractivity contribution in [3.8, 4) is 5.69 Å². The van der Waals surface area contributed by atoms with E-state index < -0.39 is 0 Å². The molecule has 3 aromatic rings. The predicted octanol–water partition coefficient (Wildman–Crippen LogP) is 1.77. The van der Waals surface area contributed by atoms with E-state index in [1.807, 2.05) is 24.3 Å². The van der Waals surface area contributed by atoms with Gasteiger partial charge in [-0.1, -0.05) is 18.2 Å². The van der Waals surface area contributed by atoms with Crippen molar-refractivity contribution in [2.45, 2.75) is 0 Å². The first-order valence-electron chi connectivity index (χ1n) is 8.28. The molecule has 0 saturated carbocycles. The lowest BCUT2D eigenvalue weighted by molar-refractivity contribution is 0.103. The number of benzene rings is 2. The molecule has 1 aromatic heterocycles. The van der Waals surface area contributed by atoms with Crippen molar-refractivity contribution >= 4 is 22.4 Å². The Bertz CT molecular complexity index is 1080. The molecule has 124 valence electrons. The number of hydrogen-bond acceptors (Lipinski definition) is 5. The Morgan fingerprint density at radius 1 is 0.920 bits per heavy atom. The summed E-state index contributed by atoms with van der Waals surface area (Å²) in [6.45, 7) is 2.72. The molecule has 5 rings (SSSR count). The van der Waals surface area contributed by atoms with E-state index in [1.165, 1.54) is 4.57 Å². The van der Waals surface area contributed by atoms with Gasteiger partial charge in [-0.15, -0.1) is 0 Å². The number of anilines is 1.